The van der Waals surface area contributed by atoms with Gasteiger partial charge in [-0.15, -0.1) is 0 Å². The third kappa shape index (κ3) is 3.08. The maximum atomic E-state index is 12.4. The summed E-state index contributed by atoms with van der Waals surface area (Å²) in [6.45, 7) is 3.93. The minimum Gasteiger partial charge on any atom is -0.478 e. The zero-order valence-corrected chi connectivity index (χ0v) is 12.1. The minimum atomic E-state index is -1.07. The van der Waals surface area contributed by atoms with Crippen LogP contribution in [0.1, 0.15) is 32.0 Å². The fourth-order valence-electron chi connectivity index (χ4n) is 2.11. The van der Waals surface area contributed by atoms with Gasteiger partial charge in [-0.3, -0.25) is 9.78 Å². The van der Waals surface area contributed by atoms with E-state index in [9.17, 15) is 9.59 Å². The van der Waals surface area contributed by atoms with Crippen LogP contribution in [0.4, 0.5) is 5.69 Å². The van der Waals surface area contributed by atoms with E-state index in [4.69, 9.17) is 5.11 Å². The molecule has 0 aliphatic carbocycles. The molecule has 0 spiro atoms. The van der Waals surface area contributed by atoms with Crippen molar-refractivity contribution in [1.82, 2.24) is 4.98 Å². The summed E-state index contributed by atoms with van der Waals surface area (Å²) in [6.07, 6.45) is 1.19. The van der Waals surface area contributed by atoms with Gasteiger partial charge in [-0.2, -0.15) is 0 Å². The Labute approximate surface area is 122 Å². The van der Waals surface area contributed by atoms with Crippen molar-refractivity contribution in [2.24, 2.45) is 0 Å². The first-order chi connectivity index (χ1) is 9.90. The molecule has 0 bridgehead atoms. The quantitative estimate of drug-likeness (QED) is 0.940. The highest BCUT2D eigenvalue weighted by atomic mass is 16.4. The summed E-state index contributed by atoms with van der Waals surface area (Å²) in [7, 11) is 1.67. The first-order valence-electron chi connectivity index (χ1n) is 6.45. The molecule has 0 radical (unpaired) electrons. The second-order valence-corrected chi connectivity index (χ2v) is 4.89. The van der Waals surface area contributed by atoms with Gasteiger partial charge in [0.25, 0.3) is 5.91 Å². The number of carboxylic acid groups (broad SMARTS) is 1. The number of carboxylic acids is 1. The highest BCUT2D eigenvalue weighted by Crippen LogP contribution is 2.21. The molecular weight excluding hydrogens is 268 g/mol. The Morgan fingerprint density at radius 1 is 1.14 bits per heavy atom. The second kappa shape index (κ2) is 5.75. The smallest absolute Gasteiger partial charge is 0.337 e. The van der Waals surface area contributed by atoms with E-state index in [2.05, 4.69) is 4.98 Å². The van der Waals surface area contributed by atoms with Gasteiger partial charge in [0.2, 0.25) is 0 Å². The standard InChI is InChI=1S/C16H16N2O3/c1-10-4-7-14(11(2)8-10)18(3)15(19)13-6-5-12(9-17-13)16(20)21/h4-9H,1-3H3,(H,20,21). The summed E-state index contributed by atoms with van der Waals surface area (Å²) in [4.78, 5) is 28.6. The van der Waals surface area contributed by atoms with Crippen LogP contribution in [0.2, 0.25) is 0 Å². The van der Waals surface area contributed by atoms with Crippen molar-refractivity contribution < 1.29 is 14.7 Å². The number of carbonyl (C=O) groups is 2. The van der Waals surface area contributed by atoms with E-state index in [-0.39, 0.29) is 17.2 Å². The number of pyridine rings is 1. The lowest BCUT2D eigenvalue weighted by molar-refractivity contribution is 0.0695. The van der Waals surface area contributed by atoms with Gasteiger partial charge in [0.05, 0.1) is 5.56 Å². The van der Waals surface area contributed by atoms with Crippen LogP contribution < -0.4 is 4.90 Å². The Kier molecular flexibility index (Phi) is 4.03. The highest BCUT2D eigenvalue weighted by molar-refractivity contribution is 6.05. The Hall–Kier alpha value is -2.69. The topological polar surface area (TPSA) is 70.5 Å². The normalized spacial score (nSPS) is 10.2. The fourth-order valence-corrected chi connectivity index (χ4v) is 2.11. The summed E-state index contributed by atoms with van der Waals surface area (Å²) in [5, 5.41) is 8.83. The molecule has 1 aromatic heterocycles. The summed E-state index contributed by atoms with van der Waals surface area (Å²) in [5.41, 5.74) is 3.19. The number of aromatic carboxylic acids is 1. The van der Waals surface area contributed by atoms with Crippen LogP contribution in [0.5, 0.6) is 0 Å². The van der Waals surface area contributed by atoms with Gasteiger partial charge in [-0.25, -0.2) is 4.79 Å². The van der Waals surface area contributed by atoms with Gasteiger partial charge in [-0.1, -0.05) is 17.7 Å². The van der Waals surface area contributed by atoms with Crippen LogP contribution in [0.3, 0.4) is 0 Å². The molecule has 1 aromatic carbocycles. The van der Waals surface area contributed by atoms with Crippen LogP contribution in [0, 0.1) is 13.8 Å². The van der Waals surface area contributed by atoms with Crippen molar-refractivity contribution in [1.29, 1.82) is 0 Å². The van der Waals surface area contributed by atoms with Crippen molar-refractivity contribution in [3.63, 3.8) is 0 Å². The van der Waals surface area contributed by atoms with E-state index in [1.54, 1.807) is 7.05 Å². The van der Waals surface area contributed by atoms with Gasteiger partial charge < -0.3 is 10.0 Å². The number of aryl methyl sites for hydroxylation is 2. The zero-order valence-electron chi connectivity index (χ0n) is 12.1. The van der Waals surface area contributed by atoms with E-state index in [1.807, 2.05) is 32.0 Å². The van der Waals surface area contributed by atoms with Crippen molar-refractivity contribution in [3.05, 3.63) is 58.9 Å². The van der Waals surface area contributed by atoms with Gasteiger partial charge in [0.1, 0.15) is 5.69 Å². The number of benzene rings is 1. The molecule has 0 aliphatic rings. The highest BCUT2D eigenvalue weighted by Gasteiger charge is 2.17. The third-order valence-corrected chi connectivity index (χ3v) is 3.25. The molecule has 108 valence electrons. The number of nitrogens with zero attached hydrogens (tertiary/aromatic N) is 2. The maximum absolute atomic E-state index is 12.4. The second-order valence-electron chi connectivity index (χ2n) is 4.89. The molecule has 0 fully saturated rings. The molecule has 1 heterocycles. The molecule has 0 saturated heterocycles. The number of anilines is 1. The van der Waals surface area contributed by atoms with Crippen molar-refractivity contribution in [2.45, 2.75) is 13.8 Å². The van der Waals surface area contributed by atoms with Crippen molar-refractivity contribution in [3.8, 4) is 0 Å². The van der Waals surface area contributed by atoms with E-state index in [0.29, 0.717) is 0 Å². The van der Waals surface area contributed by atoms with Gasteiger partial charge in [0.15, 0.2) is 0 Å². The Bertz CT molecular complexity index is 693. The number of aromatic nitrogens is 1. The summed E-state index contributed by atoms with van der Waals surface area (Å²) >= 11 is 0. The molecule has 2 rings (SSSR count). The van der Waals surface area contributed by atoms with E-state index in [0.717, 1.165) is 16.8 Å². The molecule has 5 heteroatoms. The Morgan fingerprint density at radius 2 is 1.86 bits per heavy atom. The predicted molar refractivity (Wildman–Crippen MR) is 79.8 cm³/mol. The molecule has 5 nitrogen and oxygen atoms in total. The molecule has 0 aliphatic heterocycles. The molecule has 2 aromatic rings. The fraction of sp³-hybridized carbons (Fsp3) is 0.188. The lowest BCUT2D eigenvalue weighted by Gasteiger charge is -2.19. The van der Waals surface area contributed by atoms with E-state index < -0.39 is 5.97 Å². The molecule has 1 N–H and O–H groups in total. The predicted octanol–water partition coefficient (Wildman–Crippen LogP) is 2.67. The van der Waals surface area contributed by atoms with Gasteiger partial charge >= 0.3 is 5.97 Å². The van der Waals surface area contributed by atoms with E-state index in [1.165, 1.54) is 23.2 Å². The lowest BCUT2D eigenvalue weighted by atomic mass is 10.1. The number of amides is 1. The third-order valence-electron chi connectivity index (χ3n) is 3.25. The number of carbonyl (C=O) groups excluding carboxylic acids is 1. The SMILES string of the molecule is Cc1ccc(N(C)C(=O)c2ccc(C(=O)O)cn2)c(C)c1. The number of rotatable bonds is 3. The average Bonchev–Trinajstić information content (AvgIpc) is 2.46. The first kappa shape index (κ1) is 14.7. The summed E-state index contributed by atoms with van der Waals surface area (Å²) in [5.74, 6) is -1.34. The molecular formula is C16H16N2O3. The monoisotopic (exact) mass is 284 g/mol. The first-order valence-corrected chi connectivity index (χ1v) is 6.45. The molecule has 0 saturated carbocycles. The minimum absolute atomic E-state index is 0.0562. The number of hydrogen-bond donors (Lipinski definition) is 1. The molecule has 21 heavy (non-hydrogen) atoms. The van der Waals surface area contributed by atoms with E-state index >= 15 is 0 Å². The van der Waals surface area contributed by atoms with Crippen molar-refractivity contribution in [2.75, 3.05) is 11.9 Å². The Morgan fingerprint density at radius 3 is 2.38 bits per heavy atom. The molecule has 0 unspecified atom stereocenters. The molecule has 1 amide bonds. The molecule has 0 atom stereocenters. The van der Waals surface area contributed by atoms with Gasteiger partial charge in [-0.05, 0) is 37.6 Å². The Balaban J connectivity index is 2.28. The van der Waals surface area contributed by atoms with Gasteiger partial charge in [0, 0.05) is 18.9 Å². The lowest BCUT2D eigenvalue weighted by Crippen LogP contribution is -2.27. The van der Waals surface area contributed by atoms with Crippen molar-refractivity contribution >= 4 is 17.6 Å². The summed E-state index contributed by atoms with van der Waals surface area (Å²) in [6, 6.07) is 8.62. The largest absolute Gasteiger partial charge is 0.478 e. The van der Waals surface area contributed by atoms with Crippen LogP contribution in [-0.2, 0) is 0 Å². The zero-order chi connectivity index (χ0) is 15.6. The summed E-state index contributed by atoms with van der Waals surface area (Å²) < 4.78 is 0. The maximum Gasteiger partial charge on any atom is 0.337 e. The van der Waals surface area contributed by atoms with Crippen LogP contribution in [0.25, 0.3) is 0 Å². The van der Waals surface area contributed by atoms with Crippen LogP contribution >= 0.6 is 0 Å². The average molecular weight is 284 g/mol. The van der Waals surface area contributed by atoms with Crippen LogP contribution in [0.15, 0.2) is 36.5 Å². The van der Waals surface area contributed by atoms with Crippen LogP contribution in [-0.4, -0.2) is 29.0 Å². The number of hydrogen-bond acceptors (Lipinski definition) is 3.